The largest absolute Gasteiger partial charge is 0.371 e. The van der Waals surface area contributed by atoms with E-state index >= 15 is 0 Å². The van der Waals surface area contributed by atoms with E-state index in [4.69, 9.17) is 11.6 Å². The molecule has 1 aliphatic heterocycles. The van der Waals surface area contributed by atoms with Gasteiger partial charge in [-0.25, -0.2) is 0 Å². The lowest BCUT2D eigenvalue weighted by Gasteiger charge is -2.20. The molecule has 25 heavy (non-hydrogen) atoms. The fourth-order valence-electron chi connectivity index (χ4n) is 3.84. The second-order valence-electron chi connectivity index (χ2n) is 7.24. The highest BCUT2D eigenvalue weighted by Crippen LogP contribution is 2.48. The van der Waals surface area contributed by atoms with Gasteiger partial charge in [0.2, 0.25) is 5.91 Å². The van der Waals surface area contributed by atoms with E-state index in [0.29, 0.717) is 10.9 Å². The number of nitrogens with zero attached hydrogens (tertiary/aromatic N) is 1. The number of carbonyl (C=O) groups excluding carboxylic acids is 1. The summed E-state index contributed by atoms with van der Waals surface area (Å²) in [6, 6.07) is 18.2. The average Bonchev–Trinajstić information content (AvgIpc) is 3.32. The van der Waals surface area contributed by atoms with Gasteiger partial charge in [-0.3, -0.25) is 4.79 Å². The van der Waals surface area contributed by atoms with Crippen molar-refractivity contribution in [3.63, 3.8) is 0 Å². The van der Waals surface area contributed by atoms with Gasteiger partial charge in [0.25, 0.3) is 0 Å². The Morgan fingerprint density at radius 3 is 2.68 bits per heavy atom. The lowest BCUT2D eigenvalue weighted by molar-refractivity contribution is -0.123. The van der Waals surface area contributed by atoms with E-state index in [1.807, 2.05) is 30.3 Å². The Bertz CT molecular complexity index is 758. The molecule has 0 aromatic heterocycles. The molecule has 0 bridgehead atoms. The maximum atomic E-state index is 12.8. The van der Waals surface area contributed by atoms with Crippen molar-refractivity contribution in [3.8, 4) is 0 Å². The molecule has 0 radical (unpaired) electrons. The Morgan fingerprint density at radius 1 is 1.16 bits per heavy atom. The summed E-state index contributed by atoms with van der Waals surface area (Å²) >= 11 is 6.10. The zero-order chi connectivity index (χ0) is 17.3. The van der Waals surface area contributed by atoms with Crippen LogP contribution in [0.2, 0.25) is 5.02 Å². The van der Waals surface area contributed by atoms with Crippen LogP contribution in [0.3, 0.4) is 0 Å². The van der Waals surface area contributed by atoms with Crippen LogP contribution in [0.5, 0.6) is 0 Å². The minimum atomic E-state index is -0.345. The van der Waals surface area contributed by atoms with Gasteiger partial charge in [-0.05, 0) is 55.0 Å². The van der Waals surface area contributed by atoms with Gasteiger partial charge in [0.15, 0.2) is 0 Å². The fourth-order valence-corrected chi connectivity index (χ4v) is 4.03. The molecule has 130 valence electrons. The Balaban J connectivity index is 1.34. The van der Waals surface area contributed by atoms with Crippen molar-refractivity contribution in [2.75, 3.05) is 24.5 Å². The molecular weight excluding hydrogens is 332 g/mol. The number of rotatable bonds is 5. The monoisotopic (exact) mass is 354 g/mol. The van der Waals surface area contributed by atoms with Crippen molar-refractivity contribution >= 4 is 23.2 Å². The van der Waals surface area contributed by atoms with E-state index in [-0.39, 0.29) is 11.3 Å². The van der Waals surface area contributed by atoms with E-state index < -0.39 is 0 Å². The van der Waals surface area contributed by atoms with Gasteiger partial charge in [-0.1, -0.05) is 41.9 Å². The smallest absolute Gasteiger partial charge is 0.230 e. The molecule has 4 rings (SSSR count). The van der Waals surface area contributed by atoms with Crippen molar-refractivity contribution in [1.82, 2.24) is 5.32 Å². The summed E-state index contributed by atoms with van der Waals surface area (Å²) in [5.41, 5.74) is 1.98. The summed E-state index contributed by atoms with van der Waals surface area (Å²) in [6.07, 6.45) is 2.96. The second-order valence-corrected chi connectivity index (χ2v) is 7.68. The minimum Gasteiger partial charge on any atom is -0.371 e. The first-order valence-corrected chi connectivity index (χ1v) is 9.39. The van der Waals surface area contributed by atoms with E-state index in [0.717, 1.165) is 44.5 Å². The highest BCUT2D eigenvalue weighted by molar-refractivity contribution is 6.30. The van der Waals surface area contributed by atoms with Crippen molar-refractivity contribution in [1.29, 1.82) is 0 Å². The quantitative estimate of drug-likeness (QED) is 0.879. The number of anilines is 1. The summed E-state index contributed by atoms with van der Waals surface area (Å²) in [5.74, 6) is 0.673. The maximum absolute atomic E-state index is 12.8. The zero-order valence-corrected chi connectivity index (χ0v) is 15.0. The molecule has 1 atom stereocenters. The predicted octanol–water partition coefficient (Wildman–Crippen LogP) is 4.01. The number of amides is 1. The third-order valence-electron chi connectivity index (χ3n) is 5.52. The molecule has 1 N–H and O–H groups in total. The number of nitrogens with one attached hydrogen (secondary N) is 1. The lowest BCUT2D eigenvalue weighted by Crippen LogP contribution is -2.38. The average molecular weight is 355 g/mol. The Morgan fingerprint density at radius 2 is 1.96 bits per heavy atom. The van der Waals surface area contributed by atoms with Crippen LogP contribution in [0.1, 0.15) is 24.8 Å². The van der Waals surface area contributed by atoms with Crippen LogP contribution in [0, 0.1) is 5.92 Å². The fraction of sp³-hybridized carbons (Fsp3) is 0.381. The normalized spacial score (nSPS) is 21.2. The third kappa shape index (κ3) is 3.38. The van der Waals surface area contributed by atoms with Gasteiger partial charge in [0.05, 0.1) is 5.41 Å². The first-order chi connectivity index (χ1) is 12.2. The van der Waals surface area contributed by atoms with Gasteiger partial charge in [-0.15, -0.1) is 0 Å². The summed E-state index contributed by atoms with van der Waals surface area (Å²) in [5, 5.41) is 3.91. The van der Waals surface area contributed by atoms with Crippen LogP contribution >= 0.6 is 11.6 Å². The highest BCUT2D eigenvalue weighted by Gasteiger charge is 2.51. The molecule has 2 aromatic rings. The molecule has 1 unspecified atom stereocenters. The van der Waals surface area contributed by atoms with Gasteiger partial charge in [0, 0.05) is 30.3 Å². The number of halogens is 1. The Labute approximate surface area is 154 Å². The van der Waals surface area contributed by atoms with E-state index in [9.17, 15) is 4.79 Å². The molecule has 2 fully saturated rings. The lowest BCUT2D eigenvalue weighted by atomic mass is 9.94. The standard InChI is InChI=1S/C21H23ClN2O/c22-18-6-4-5-17(13-18)21(10-11-21)20(25)23-14-16-9-12-24(15-16)19-7-2-1-3-8-19/h1-8,13,16H,9-12,14-15H2,(H,23,25). The van der Waals surface area contributed by atoms with Crippen LogP contribution in [-0.2, 0) is 10.2 Å². The number of hydrogen-bond acceptors (Lipinski definition) is 2. The summed E-state index contributed by atoms with van der Waals surface area (Å²) in [4.78, 5) is 15.2. The maximum Gasteiger partial charge on any atom is 0.230 e. The molecule has 1 heterocycles. The number of hydrogen-bond donors (Lipinski definition) is 1. The van der Waals surface area contributed by atoms with Crippen LogP contribution in [0.25, 0.3) is 0 Å². The Hall–Kier alpha value is -2.00. The molecule has 4 heteroatoms. The molecule has 1 saturated heterocycles. The SMILES string of the molecule is O=C(NCC1CCN(c2ccccc2)C1)C1(c2cccc(Cl)c2)CC1. The van der Waals surface area contributed by atoms with Crippen LogP contribution < -0.4 is 10.2 Å². The summed E-state index contributed by atoms with van der Waals surface area (Å²) < 4.78 is 0. The molecule has 0 spiro atoms. The van der Waals surface area contributed by atoms with E-state index in [1.54, 1.807) is 0 Å². The molecule has 3 nitrogen and oxygen atoms in total. The number of para-hydroxylation sites is 1. The van der Waals surface area contributed by atoms with Gasteiger partial charge in [0.1, 0.15) is 0 Å². The molecule has 1 saturated carbocycles. The predicted molar refractivity (Wildman–Crippen MR) is 102 cm³/mol. The first-order valence-electron chi connectivity index (χ1n) is 9.02. The number of carbonyl (C=O) groups is 1. The van der Waals surface area contributed by atoms with Crippen LogP contribution in [-0.4, -0.2) is 25.5 Å². The molecule has 1 aliphatic carbocycles. The number of benzene rings is 2. The van der Waals surface area contributed by atoms with Crippen molar-refractivity contribution in [2.24, 2.45) is 5.92 Å². The van der Waals surface area contributed by atoms with Crippen LogP contribution in [0.15, 0.2) is 54.6 Å². The topological polar surface area (TPSA) is 32.3 Å². The minimum absolute atomic E-state index is 0.160. The summed E-state index contributed by atoms with van der Waals surface area (Å²) in [6.45, 7) is 2.82. The third-order valence-corrected chi connectivity index (χ3v) is 5.76. The zero-order valence-electron chi connectivity index (χ0n) is 14.2. The van der Waals surface area contributed by atoms with Crippen molar-refractivity contribution in [3.05, 3.63) is 65.2 Å². The van der Waals surface area contributed by atoms with Crippen molar-refractivity contribution < 1.29 is 4.79 Å². The molecular formula is C21H23ClN2O. The first kappa shape index (κ1) is 16.5. The van der Waals surface area contributed by atoms with E-state index in [2.05, 4.69) is 34.5 Å². The van der Waals surface area contributed by atoms with Gasteiger partial charge >= 0.3 is 0 Å². The second kappa shape index (κ2) is 6.72. The van der Waals surface area contributed by atoms with Gasteiger partial charge in [-0.2, -0.15) is 0 Å². The van der Waals surface area contributed by atoms with Crippen molar-refractivity contribution in [2.45, 2.75) is 24.7 Å². The van der Waals surface area contributed by atoms with E-state index in [1.165, 1.54) is 5.69 Å². The summed E-state index contributed by atoms with van der Waals surface area (Å²) in [7, 11) is 0. The molecule has 1 amide bonds. The molecule has 2 aromatic carbocycles. The highest BCUT2D eigenvalue weighted by atomic mass is 35.5. The Kier molecular flexibility index (Phi) is 4.43. The van der Waals surface area contributed by atoms with Crippen LogP contribution in [0.4, 0.5) is 5.69 Å². The molecule has 2 aliphatic rings. The van der Waals surface area contributed by atoms with Gasteiger partial charge < -0.3 is 10.2 Å².